The van der Waals surface area contributed by atoms with Gasteiger partial charge in [0, 0.05) is 23.9 Å². The predicted molar refractivity (Wildman–Crippen MR) is 101 cm³/mol. The van der Waals surface area contributed by atoms with Crippen LogP contribution in [0, 0.1) is 45.3 Å². The van der Waals surface area contributed by atoms with Crippen LogP contribution in [0.5, 0.6) is 0 Å². The molecule has 2 heterocycles. The first-order chi connectivity index (χ1) is 14.2. The van der Waals surface area contributed by atoms with E-state index in [-0.39, 0.29) is 28.9 Å². The largest absolute Gasteiger partial charge is 0.416 e. The van der Waals surface area contributed by atoms with Crippen LogP contribution >= 0.6 is 0 Å². The van der Waals surface area contributed by atoms with Gasteiger partial charge in [0.05, 0.1) is 29.0 Å². The minimum absolute atomic E-state index is 0.0937. The molecule has 30 heavy (non-hydrogen) atoms. The van der Waals surface area contributed by atoms with Gasteiger partial charge in [-0.05, 0) is 37.1 Å². The molecule has 4 atom stereocenters. The third kappa shape index (κ3) is 2.56. The predicted octanol–water partition coefficient (Wildman–Crippen LogP) is 3.59. The van der Waals surface area contributed by atoms with Gasteiger partial charge < -0.3 is 5.73 Å². The van der Waals surface area contributed by atoms with E-state index in [1.165, 1.54) is 12.1 Å². The molecule has 8 heteroatoms. The minimum atomic E-state index is -4.56. The lowest BCUT2D eigenvalue weighted by Crippen LogP contribution is -2.51. The van der Waals surface area contributed by atoms with Crippen LogP contribution in [0.3, 0.4) is 0 Å². The number of nitriles is 3. The maximum absolute atomic E-state index is 13.4. The van der Waals surface area contributed by atoms with E-state index in [1.54, 1.807) is 0 Å². The highest BCUT2D eigenvalue weighted by Gasteiger charge is 2.58. The van der Waals surface area contributed by atoms with E-state index in [0.717, 1.165) is 25.0 Å². The highest BCUT2D eigenvalue weighted by molar-refractivity contribution is 5.60. The van der Waals surface area contributed by atoms with Crippen LogP contribution in [-0.4, -0.2) is 24.0 Å². The van der Waals surface area contributed by atoms with Gasteiger partial charge in [0.1, 0.15) is 6.07 Å². The van der Waals surface area contributed by atoms with Crippen LogP contribution in [0.25, 0.3) is 0 Å². The van der Waals surface area contributed by atoms with Crippen molar-refractivity contribution in [1.29, 1.82) is 15.8 Å². The number of rotatable bonds is 1. The van der Waals surface area contributed by atoms with E-state index in [2.05, 4.69) is 11.0 Å². The highest BCUT2D eigenvalue weighted by atomic mass is 19.4. The molecule has 1 aliphatic carbocycles. The van der Waals surface area contributed by atoms with Gasteiger partial charge in [-0.15, -0.1) is 0 Å². The number of halogens is 3. The van der Waals surface area contributed by atoms with E-state index < -0.39 is 29.0 Å². The fraction of sp³-hybridized carbons (Fsp3) is 0.409. The lowest BCUT2D eigenvalue weighted by Gasteiger charge is -2.48. The van der Waals surface area contributed by atoms with Gasteiger partial charge in [-0.3, -0.25) is 4.90 Å². The van der Waals surface area contributed by atoms with Gasteiger partial charge in [-0.25, -0.2) is 0 Å². The third-order valence-corrected chi connectivity index (χ3v) is 6.80. The Morgan fingerprint density at radius 3 is 2.47 bits per heavy atom. The summed E-state index contributed by atoms with van der Waals surface area (Å²) in [6.07, 6.45) is -1.04. The Hall–Kier alpha value is -3.28. The maximum Gasteiger partial charge on any atom is 0.416 e. The Kier molecular flexibility index (Phi) is 4.42. The first-order valence-electron chi connectivity index (χ1n) is 9.53. The molecule has 1 fully saturated rings. The van der Waals surface area contributed by atoms with Crippen molar-refractivity contribution in [2.24, 2.45) is 17.1 Å². The summed E-state index contributed by atoms with van der Waals surface area (Å²) in [6.45, 7) is 0. The third-order valence-electron chi connectivity index (χ3n) is 6.80. The first-order valence-corrected chi connectivity index (χ1v) is 9.53. The Balaban J connectivity index is 2.03. The number of hydrogen-bond acceptors (Lipinski definition) is 5. The minimum Gasteiger partial charge on any atom is -0.399 e. The fourth-order valence-corrected chi connectivity index (χ4v) is 5.37. The van der Waals surface area contributed by atoms with Gasteiger partial charge in [-0.2, -0.15) is 29.0 Å². The summed E-state index contributed by atoms with van der Waals surface area (Å²) in [6, 6.07) is 10.7. The fourth-order valence-electron chi connectivity index (χ4n) is 5.37. The SMILES string of the molecule is CN1C2C=C3C(C#N)=C(N)C(C#N)(C#N)C(c4cccc(C(F)(F)F)c4)C3C1CC2. The number of nitrogens with two attached hydrogens (primary N) is 1. The Labute approximate surface area is 172 Å². The van der Waals surface area contributed by atoms with Crippen molar-refractivity contribution in [3.63, 3.8) is 0 Å². The Bertz CT molecular complexity index is 1080. The van der Waals surface area contributed by atoms with Crippen LogP contribution in [0.4, 0.5) is 13.2 Å². The summed E-state index contributed by atoms with van der Waals surface area (Å²) in [5, 5.41) is 29.9. The molecule has 0 saturated carbocycles. The lowest BCUT2D eigenvalue weighted by atomic mass is 9.56. The molecule has 2 N–H and O–H groups in total. The van der Waals surface area contributed by atoms with Crippen molar-refractivity contribution >= 4 is 0 Å². The molecular formula is C22H18F3N5. The van der Waals surface area contributed by atoms with Crippen molar-refractivity contribution in [2.45, 2.75) is 37.0 Å². The van der Waals surface area contributed by atoms with Crippen molar-refractivity contribution in [2.75, 3.05) is 7.05 Å². The number of allylic oxidation sites excluding steroid dienone is 2. The molecular weight excluding hydrogens is 391 g/mol. The van der Waals surface area contributed by atoms with Gasteiger partial charge in [0.25, 0.3) is 0 Å². The van der Waals surface area contributed by atoms with Crippen LogP contribution in [-0.2, 0) is 6.18 Å². The number of benzene rings is 1. The zero-order valence-corrected chi connectivity index (χ0v) is 16.1. The topological polar surface area (TPSA) is 101 Å². The molecule has 4 unspecified atom stereocenters. The Morgan fingerprint density at radius 1 is 1.17 bits per heavy atom. The Morgan fingerprint density at radius 2 is 1.87 bits per heavy atom. The molecule has 2 aliphatic heterocycles. The van der Waals surface area contributed by atoms with E-state index >= 15 is 0 Å². The van der Waals surface area contributed by atoms with Crippen molar-refractivity contribution in [3.8, 4) is 18.2 Å². The molecule has 0 aromatic heterocycles. The summed E-state index contributed by atoms with van der Waals surface area (Å²) in [5.41, 5.74) is 4.24. The summed E-state index contributed by atoms with van der Waals surface area (Å²) < 4.78 is 40.2. The molecule has 0 spiro atoms. The normalized spacial score (nSPS) is 30.0. The summed E-state index contributed by atoms with van der Waals surface area (Å²) in [5.74, 6) is -1.41. The standard InChI is InChI=1S/C22H18F3N5/c1-30-14-5-6-17(30)18-15(8-14)16(9-26)20(29)21(10-27,11-28)19(18)12-3-2-4-13(7-12)22(23,24)25/h2-4,7-8,14,17-19H,5-6,29H2,1H3. The molecule has 2 bridgehead atoms. The van der Waals surface area contributed by atoms with Gasteiger partial charge >= 0.3 is 6.18 Å². The monoisotopic (exact) mass is 409 g/mol. The van der Waals surface area contributed by atoms with Crippen LogP contribution < -0.4 is 5.73 Å². The van der Waals surface area contributed by atoms with Crippen LogP contribution in [0.2, 0.25) is 0 Å². The molecule has 3 aliphatic rings. The molecule has 0 radical (unpaired) electrons. The molecule has 1 aromatic carbocycles. The quantitative estimate of drug-likeness (QED) is 0.764. The van der Waals surface area contributed by atoms with Crippen LogP contribution in [0.1, 0.15) is 29.9 Å². The van der Waals surface area contributed by atoms with E-state index in [4.69, 9.17) is 5.73 Å². The first kappa shape index (κ1) is 20.0. The van der Waals surface area contributed by atoms with Crippen molar-refractivity contribution in [3.05, 3.63) is 58.3 Å². The van der Waals surface area contributed by atoms with Crippen LogP contribution in [0.15, 0.2) is 47.2 Å². The maximum atomic E-state index is 13.4. The second-order valence-corrected chi connectivity index (χ2v) is 8.06. The number of nitrogens with zero attached hydrogens (tertiary/aromatic N) is 4. The average molecular weight is 409 g/mol. The number of hydrogen-bond donors (Lipinski definition) is 1. The zero-order valence-electron chi connectivity index (χ0n) is 16.1. The second-order valence-electron chi connectivity index (χ2n) is 8.06. The van der Waals surface area contributed by atoms with E-state index in [1.807, 2.05) is 25.3 Å². The molecule has 1 saturated heterocycles. The van der Waals surface area contributed by atoms with E-state index in [9.17, 15) is 29.0 Å². The molecule has 5 nitrogen and oxygen atoms in total. The van der Waals surface area contributed by atoms with Gasteiger partial charge in [0.2, 0.25) is 0 Å². The van der Waals surface area contributed by atoms with Crippen molar-refractivity contribution in [1.82, 2.24) is 4.90 Å². The summed E-state index contributed by atoms with van der Waals surface area (Å²) in [4.78, 5) is 2.12. The summed E-state index contributed by atoms with van der Waals surface area (Å²) >= 11 is 0. The summed E-state index contributed by atoms with van der Waals surface area (Å²) in [7, 11) is 1.92. The highest BCUT2D eigenvalue weighted by Crippen LogP contribution is 2.58. The lowest BCUT2D eigenvalue weighted by molar-refractivity contribution is -0.137. The number of alkyl halides is 3. The number of fused-ring (bicyclic) bond motifs is 4. The average Bonchev–Trinajstić information content (AvgIpc) is 2.95. The smallest absolute Gasteiger partial charge is 0.399 e. The van der Waals surface area contributed by atoms with E-state index in [0.29, 0.717) is 5.57 Å². The number of likely N-dealkylation sites (N-methyl/N-ethyl adjacent to an activating group) is 1. The molecule has 152 valence electrons. The second kappa shape index (κ2) is 6.62. The zero-order chi connectivity index (χ0) is 21.8. The van der Waals surface area contributed by atoms with Gasteiger partial charge in [0.15, 0.2) is 5.41 Å². The molecule has 4 rings (SSSR count). The molecule has 0 amide bonds. The molecule has 1 aromatic rings. The van der Waals surface area contributed by atoms with Gasteiger partial charge in [-0.1, -0.05) is 24.3 Å². The van der Waals surface area contributed by atoms with Crippen molar-refractivity contribution < 1.29 is 13.2 Å².